The predicted molar refractivity (Wildman–Crippen MR) is 65.8 cm³/mol. The van der Waals surface area contributed by atoms with E-state index in [-0.39, 0.29) is 29.9 Å². The molecule has 0 aromatic heterocycles. The maximum atomic E-state index is 12.6. The highest BCUT2D eigenvalue weighted by molar-refractivity contribution is 9.10. The summed E-state index contributed by atoms with van der Waals surface area (Å²) in [6, 6.07) is 3.20. The summed E-state index contributed by atoms with van der Waals surface area (Å²) in [7, 11) is 0. The molecule has 0 N–H and O–H groups in total. The normalized spacial score (nSPS) is 20.6. The lowest BCUT2D eigenvalue weighted by Crippen LogP contribution is -2.25. The van der Waals surface area contributed by atoms with E-state index in [0.29, 0.717) is 4.47 Å². The Kier molecular flexibility index (Phi) is 3.60. The number of alkyl halides is 4. The first-order valence-electron chi connectivity index (χ1n) is 5.10. The Balaban J connectivity index is 2.41. The van der Waals surface area contributed by atoms with Gasteiger partial charge in [0.25, 0.3) is 0 Å². The molecule has 0 saturated carbocycles. The highest BCUT2D eigenvalue weighted by Crippen LogP contribution is 2.37. The van der Waals surface area contributed by atoms with Gasteiger partial charge in [-0.15, -0.1) is 11.6 Å². The number of carbonyl (C=O) groups excluding carboxylic acids is 1. The lowest BCUT2D eigenvalue weighted by atomic mass is 10.2. The van der Waals surface area contributed by atoms with Gasteiger partial charge in [0.15, 0.2) is 0 Å². The molecule has 1 aliphatic heterocycles. The van der Waals surface area contributed by atoms with Gasteiger partial charge in [0.2, 0.25) is 5.91 Å². The minimum atomic E-state index is -4.43. The first-order chi connectivity index (χ1) is 8.29. The zero-order valence-corrected chi connectivity index (χ0v) is 11.3. The van der Waals surface area contributed by atoms with E-state index < -0.39 is 11.7 Å². The second kappa shape index (κ2) is 4.74. The van der Waals surface area contributed by atoms with Crippen molar-refractivity contribution in [3.8, 4) is 0 Å². The van der Waals surface area contributed by atoms with Crippen molar-refractivity contribution in [2.45, 2.75) is 18.0 Å². The van der Waals surface area contributed by atoms with E-state index in [9.17, 15) is 18.0 Å². The van der Waals surface area contributed by atoms with Crippen LogP contribution in [0.5, 0.6) is 0 Å². The highest BCUT2D eigenvalue weighted by atomic mass is 79.9. The third-order valence-corrected chi connectivity index (χ3v) is 3.60. The van der Waals surface area contributed by atoms with Crippen molar-refractivity contribution in [1.29, 1.82) is 0 Å². The Bertz CT molecular complexity index is 492. The fourth-order valence-electron chi connectivity index (χ4n) is 1.79. The summed E-state index contributed by atoms with van der Waals surface area (Å²) < 4.78 is 38.3. The maximum Gasteiger partial charge on any atom is 0.416 e. The largest absolute Gasteiger partial charge is 0.416 e. The van der Waals surface area contributed by atoms with Crippen molar-refractivity contribution in [3.63, 3.8) is 0 Å². The van der Waals surface area contributed by atoms with Crippen LogP contribution in [0.1, 0.15) is 12.0 Å². The van der Waals surface area contributed by atoms with Gasteiger partial charge in [-0.2, -0.15) is 13.2 Å². The molecule has 18 heavy (non-hydrogen) atoms. The van der Waals surface area contributed by atoms with Crippen molar-refractivity contribution in [2.75, 3.05) is 11.4 Å². The first kappa shape index (κ1) is 13.7. The molecule has 7 heteroatoms. The molecule has 0 radical (unpaired) electrons. The molecule has 1 aromatic carbocycles. The van der Waals surface area contributed by atoms with Crippen LogP contribution in [0.2, 0.25) is 0 Å². The van der Waals surface area contributed by atoms with Crippen molar-refractivity contribution < 1.29 is 18.0 Å². The molecule has 1 saturated heterocycles. The zero-order valence-electron chi connectivity index (χ0n) is 8.97. The Morgan fingerprint density at radius 3 is 2.56 bits per heavy atom. The van der Waals surface area contributed by atoms with Gasteiger partial charge in [-0.25, -0.2) is 0 Å². The number of rotatable bonds is 1. The molecule has 1 amide bonds. The summed E-state index contributed by atoms with van der Waals surface area (Å²) in [5.41, 5.74) is -0.579. The van der Waals surface area contributed by atoms with Crippen LogP contribution in [0, 0.1) is 0 Å². The standard InChI is InChI=1S/C11H8BrClF3NO/c12-8-2-1-6(11(14,15)16)3-9(8)17-5-7(13)4-10(17)18/h1-3,7H,4-5H2. The lowest BCUT2D eigenvalue weighted by Gasteiger charge is -2.19. The van der Waals surface area contributed by atoms with Crippen molar-refractivity contribution in [2.24, 2.45) is 0 Å². The molecule has 1 aromatic rings. The third-order valence-electron chi connectivity index (χ3n) is 2.64. The molecular weight excluding hydrogens is 334 g/mol. The molecular formula is C11H8BrClF3NO. The van der Waals surface area contributed by atoms with Crippen LogP contribution in [0.25, 0.3) is 0 Å². The molecule has 1 aliphatic rings. The number of hydrogen-bond donors (Lipinski definition) is 0. The molecule has 1 atom stereocenters. The predicted octanol–water partition coefficient (Wildman–Crippen LogP) is 3.81. The minimum absolute atomic E-state index is 0.143. The highest BCUT2D eigenvalue weighted by Gasteiger charge is 2.34. The topological polar surface area (TPSA) is 20.3 Å². The fraction of sp³-hybridized carbons (Fsp3) is 0.364. The second-order valence-electron chi connectivity index (χ2n) is 3.97. The average Bonchev–Trinajstić information content (AvgIpc) is 2.56. The quantitative estimate of drug-likeness (QED) is 0.711. The summed E-state index contributed by atoms with van der Waals surface area (Å²) in [6.07, 6.45) is -4.29. The van der Waals surface area contributed by atoms with Crippen LogP contribution in [-0.2, 0) is 11.0 Å². The van der Waals surface area contributed by atoms with Crippen LogP contribution in [-0.4, -0.2) is 17.8 Å². The number of nitrogens with zero attached hydrogens (tertiary/aromatic N) is 1. The van der Waals surface area contributed by atoms with E-state index in [4.69, 9.17) is 11.6 Å². The molecule has 1 fully saturated rings. The smallest absolute Gasteiger partial charge is 0.310 e. The lowest BCUT2D eigenvalue weighted by molar-refractivity contribution is -0.137. The Morgan fingerprint density at radius 1 is 1.39 bits per heavy atom. The van der Waals surface area contributed by atoms with Gasteiger partial charge in [-0.3, -0.25) is 4.79 Å². The van der Waals surface area contributed by atoms with Gasteiger partial charge < -0.3 is 4.90 Å². The van der Waals surface area contributed by atoms with E-state index in [1.54, 1.807) is 0 Å². The molecule has 0 bridgehead atoms. The molecule has 0 spiro atoms. The molecule has 2 rings (SSSR count). The minimum Gasteiger partial charge on any atom is -0.310 e. The summed E-state index contributed by atoms with van der Waals surface area (Å²) in [5, 5.41) is -0.362. The Morgan fingerprint density at radius 2 is 2.06 bits per heavy atom. The molecule has 0 aliphatic carbocycles. The van der Waals surface area contributed by atoms with Crippen LogP contribution in [0.4, 0.5) is 18.9 Å². The molecule has 1 unspecified atom stereocenters. The number of carbonyl (C=O) groups is 1. The number of halogens is 5. The molecule has 1 heterocycles. The number of amides is 1. The van der Waals surface area contributed by atoms with Crippen LogP contribution < -0.4 is 4.90 Å². The van der Waals surface area contributed by atoms with Crippen molar-refractivity contribution in [3.05, 3.63) is 28.2 Å². The van der Waals surface area contributed by atoms with E-state index >= 15 is 0 Å². The third kappa shape index (κ3) is 2.64. The van der Waals surface area contributed by atoms with Gasteiger partial charge in [-0.05, 0) is 34.1 Å². The monoisotopic (exact) mass is 341 g/mol. The molecule has 98 valence electrons. The van der Waals surface area contributed by atoms with Gasteiger partial charge in [0, 0.05) is 17.4 Å². The number of anilines is 1. The van der Waals surface area contributed by atoms with E-state index in [0.717, 1.165) is 12.1 Å². The fourth-order valence-corrected chi connectivity index (χ4v) is 2.52. The molecule has 2 nitrogen and oxygen atoms in total. The van der Waals surface area contributed by atoms with Crippen LogP contribution in [0.15, 0.2) is 22.7 Å². The number of benzene rings is 1. The Hall–Kier alpha value is -0.750. The first-order valence-corrected chi connectivity index (χ1v) is 6.33. The zero-order chi connectivity index (χ0) is 13.5. The van der Waals surface area contributed by atoms with Crippen LogP contribution >= 0.6 is 27.5 Å². The maximum absolute atomic E-state index is 12.6. The number of hydrogen-bond acceptors (Lipinski definition) is 1. The van der Waals surface area contributed by atoms with Gasteiger partial charge in [0.05, 0.1) is 16.6 Å². The van der Waals surface area contributed by atoms with Crippen molar-refractivity contribution >= 4 is 39.1 Å². The van der Waals surface area contributed by atoms with E-state index in [1.165, 1.54) is 11.0 Å². The summed E-state index contributed by atoms with van der Waals surface area (Å²) >= 11 is 8.98. The summed E-state index contributed by atoms with van der Waals surface area (Å²) in [5.74, 6) is -0.268. The van der Waals surface area contributed by atoms with E-state index in [2.05, 4.69) is 15.9 Å². The SMILES string of the molecule is O=C1CC(Cl)CN1c1cc(C(F)(F)F)ccc1Br. The second-order valence-corrected chi connectivity index (χ2v) is 5.44. The average molecular weight is 343 g/mol. The van der Waals surface area contributed by atoms with Crippen LogP contribution in [0.3, 0.4) is 0 Å². The Labute approximate surface area is 115 Å². The summed E-state index contributed by atoms with van der Waals surface area (Å²) in [6.45, 7) is 0.223. The van der Waals surface area contributed by atoms with Crippen molar-refractivity contribution in [1.82, 2.24) is 0 Å². The summed E-state index contributed by atoms with van der Waals surface area (Å²) in [4.78, 5) is 12.9. The van der Waals surface area contributed by atoms with Gasteiger partial charge in [-0.1, -0.05) is 0 Å². The van der Waals surface area contributed by atoms with Gasteiger partial charge in [0.1, 0.15) is 0 Å². The van der Waals surface area contributed by atoms with E-state index in [1.807, 2.05) is 0 Å². The van der Waals surface area contributed by atoms with Gasteiger partial charge >= 0.3 is 6.18 Å².